The van der Waals surface area contributed by atoms with E-state index in [4.69, 9.17) is 0 Å². The zero-order valence-corrected chi connectivity index (χ0v) is 9.24. The minimum Gasteiger partial charge on any atom is -0.134 e. The second-order valence-corrected chi connectivity index (χ2v) is 2.66. The predicted octanol–water partition coefficient (Wildman–Crippen LogP) is 3.67. The molecular formula is C7H15IS. The van der Waals surface area contributed by atoms with E-state index in [0.717, 1.165) is 6.42 Å². The fraction of sp³-hybridized carbons (Fsp3) is 0.714. The molecule has 0 heterocycles. The van der Waals surface area contributed by atoms with Crippen molar-refractivity contribution in [1.82, 2.24) is 0 Å². The van der Waals surface area contributed by atoms with Gasteiger partial charge in [-0.15, -0.1) is 35.7 Å². The van der Waals surface area contributed by atoms with Crippen LogP contribution in [0.4, 0.5) is 0 Å². The highest BCUT2D eigenvalue weighted by atomic mass is 127. The molecule has 0 aliphatic heterocycles. The maximum Gasteiger partial charge on any atom is -0.00287 e. The average molecular weight is 258 g/mol. The SMILES string of the molecule is CC/C=C\SCCC.I. The van der Waals surface area contributed by atoms with Crippen molar-refractivity contribution in [3.05, 3.63) is 11.5 Å². The van der Waals surface area contributed by atoms with Gasteiger partial charge in [0.1, 0.15) is 0 Å². The first-order valence-electron chi connectivity index (χ1n) is 3.18. The standard InChI is InChI=1S/C7H14S.HI/c1-3-5-7-8-6-4-2;/h5,7H,3-4,6H2,1-2H3;1H/b7-5-;. The molecule has 0 rings (SSSR count). The molecule has 0 aromatic heterocycles. The van der Waals surface area contributed by atoms with Crippen LogP contribution < -0.4 is 0 Å². The average Bonchev–Trinajstić information content (AvgIpc) is 1.81. The Morgan fingerprint density at radius 2 is 2.00 bits per heavy atom. The molecule has 0 atom stereocenters. The molecule has 0 spiro atoms. The largest absolute Gasteiger partial charge is 0.134 e. The van der Waals surface area contributed by atoms with Crippen LogP contribution in [-0.2, 0) is 0 Å². The molecule has 9 heavy (non-hydrogen) atoms. The van der Waals surface area contributed by atoms with Crippen molar-refractivity contribution in [2.45, 2.75) is 26.7 Å². The van der Waals surface area contributed by atoms with Gasteiger partial charge in [-0.05, 0) is 24.0 Å². The molecule has 0 nitrogen and oxygen atoms in total. The Balaban J connectivity index is 0. The summed E-state index contributed by atoms with van der Waals surface area (Å²) in [5.74, 6) is 1.26. The normalized spacial score (nSPS) is 9.56. The summed E-state index contributed by atoms with van der Waals surface area (Å²) in [5.41, 5.74) is 0. The molecule has 0 fully saturated rings. The summed E-state index contributed by atoms with van der Waals surface area (Å²) < 4.78 is 0. The summed E-state index contributed by atoms with van der Waals surface area (Å²) in [6, 6.07) is 0. The van der Waals surface area contributed by atoms with Crippen LogP contribution in [0.5, 0.6) is 0 Å². The second-order valence-electron chi connectivity index (χ2n) is 1.65. The molecule has 0 aliphatic carbocycles. The zero-order valence-electron chi connectivity index (χ0n) is 6.09. The summed E-state index contributed by atoms with van der Waals surface area (Å²) in [6.07, 6.45) is 4.63. The van der Waals surface area contributed by atoms with Crippen molar-refractivity contribution in [3.63, 3.8) is 0 Å². The Morgan fingerprint density at radius 3 is 2.44 bits per heavy atom. The van der Waals surface area contributed by atoms with Crippen molar-refractivity contribution in [2.24, 2.45) is 0 Å². The molecule has 0 bridgehead atoms. The van der Waals surface area contributed by atoms with Crippen LogP contribution in [0.25, 0.3) is 0 Å². The van der Waals surface area contributed by atoms with Crippen molar-refractivity contribution in [2.75, 3.05) is 5.75 Å². The lowest BCUT2D eigenvalue weighted by Crippen LogP contribution is -1.65. The van der Waals surface area contributed by atoms with Crippen LogP contribution >= 0.6 is 35.7 Å². The lowest BCUT2D eigenvalue weighted by atomic mass is 10.5. The molecule has 2 heteroatoms. The van der Waals surface area contributed by atoms with E-state index in [0.29, 0.717) is 0 Å². The van der Waals surface area contributed by atoms with Crippen molar-refractivity contribution < 1.29 is 0 Å². The van der Waals surface area contributed by atoms with Gasteiger partial charge in [0.25, 0.3) is 0 Å². The molecule has 0 aromatic rings. The Morgan fingerprint density at radius 1 is 1.33 bits per heavy atom. The topological polar surface area (TPSA) is 0 Å². The van der Waals surface area contributed by atoms with Crippen molar-refractivity contribution in [3.8, 4) is 0 Å². The Bertz CT molecular complexity index is 61.9. The lowest BCUT2D eigenvalue weighted by molar-refractivity contribution is 1.11. The molecule has 0 aromatic carbocycles. The van der Waals surface area contributed by atoms with E-state index in [1.807, 2.05) is 11.8 Å². The number of allylic oxidation sites excluding steroid dienone is 1. The van der Waals surface area contributed by atoms with Gasteiger partial charge < -0.3 is 0 Å². The molecule has 0 saturated heterocycles. The van der Waals surface area contributed by atoms with Crippen LogP contribution in [0.3, 0.4) is 0 Å². The zero-order chi connectivity index (χ0) is 6.24. The van der Waals surface area contributed by atoms with E-state index in [-0.39, 0.29) is 24.0 Å². The summed E-state index contributed by atoms with van der Waals surface area (Å²) in [4.78, 5) is 0. The van der Waals surface area contributed by atoms with Crippen LogP contribution in [0.15, 0.2) is 11.5 Å². The van der Waals surface area contributed by atoms with Crippen molar-refractivity contribution >= 4 is 35.7 Å². The van der Waals surface area contributed by atoms with E-state index in [1.54, 1.807) is 0 Å². The van der Waals surface area contributed by atoms with E-state index in [1.165, 1.54) is 12.2 Å². The van der Waals surface area contributed by atoms with E-state index in [2.05, 4.69) is 25.3 Å². The number of hydrogen-bond acceptors (Lipinski definition) is 1. The third-order valence-electron chi connectivity index (χ3n) is 0.750. The maximum atomic E-state index is 2.20. The van der Waals surface area contributed by atoms with Gasteiger partial charge in [0, 0.05) is 0 Å². The fourth-order valence-corrected chi connectivity index (χ4v) is 1.05. The van der Waals surface area contributed by atoms with Gasteiger partial charge in [-0.1, -0.05) is 19.9 Å². The van der Waals surface area contributed by atoms with Crippen LogP contribution in [0.2, 0.25) is 0 Å². The van der Waals surface area contributed by atoms with Crippen LogP contribution in [-0.4, -0.2) is 5.75 Å². The van der Waals surface area contributed by atoms with Gasteiger partial charge in [-0.3, -0.25) is 0 Å². The van der Waals surface area contributed by atoms with E-state index < -0.39 is 0 Å². The number of hydrogen-bond donors (Lipinski definition) is 0. The first-order chi connectivity index (χ1) is 3.91. The van der Waals surface area contributed by atoms with E-state index in [9.17, 15) is 0 Å². The second kappa shape index (κ2) is 11.6. The smallest absolute Gasteiger partial charge is 0.00287 e. The molecular weight excluding hydrogens is 243 g/mol. The molecule has 0 amide bonds. The van der Waals surface area contributed by atoms with Gasteiger partial charge in [0.15, 0.2) is 0 Å². The van der Waals surface area contributed by atoms with Gasteiger partial charge in [-0.25, -0.2) is 0 Å². The highest BCUT2D eigenvalue weighted by Crippen LogP contribution is 2.03. The predicted molar refractivity (Wildman–Crippen MR) is 57.6 cm³/mol. The fourth-order valence-electron chi connectivity index (χ4n) is 0.350. The highest BCUT2D eigenvalue weighted by molar-refractivity contribution is 14.0. The first kappa shape index (κ1) is 12.5. The lowest BCUT2D eigenvalue weighted by Gasteiger charge is -1.85. The third kappa shape index (κ3) is 12.1. The highest BCUT2D eigenvalue weighted by Gasteiger charge is 1.74. The van der Waals surface area contributed by atoms with Crippen LogP contribution in [0.1, 0.15) is 26.7 Å². The van der Waals surface area contributed by atoms with Crippen molar-refractivity contribution in [1.29, 1.82) is 0 Å². The first-order valence-corrected chi connectivity index (χ1v) is 4.23. The summed E-state index contributed by atoms with van der Waals surface area (Å²) in [7, 11) is 0. The Kier molecular flexibility index (Phi) is 16.1. The third-order valence-corrected chi connectivity index (χ3v) is 1.78. The van der Waals surface area contributed by atoms with E-state index >= 15 is 0 Å². The number of halogens is 1. The summed E-state index contributed by atoms with van der Waals surface area (Å²) in [6.45, 7) is 4.36. The Labute approximate surface area is 79.5 Å². The quantitative estimate of drug-likeness (QED) is 0.547. The maximum absolute atomic E-state index is 2.20. The molecule has 56 valence electrons. The minimum atomic E-state index is 0. The van der Waals surface area contributed by atoms with Gasteiger partial charge in [-0.2, -0.15) is 0 Å². The molecule has 0 radical (unpaired) electrons. The Hall–Kier alpha value is 0.820. The summed E-state index contributed by atoms with van der Waals surface area (Å²) in [5, 5.41) is 2.18. The van der Waals surface area contributed by atoms with Crippen LogP contribution in [0, 0.1) is 0 Å². The molecule has 0 saturated carbocycles. The molecule has 0 unspecified atom stereocenters. The summed E-state index contributed by atoms with van der Waals surface area (Å²) >= 11 is 1.90. The van der Waals surface area contributed by atoms with Gasteiger partial charge in [0.2, 0.25) is 0 Å². The molecule has 0 aliphatic rings. The van der Waals surface area contributed by atoms with Gasteiger partial charge >= 0.3 is 0 Å². The number of thioether (sulfide) groups is 1. The van der Waals surface area contributed by atoms with Gasteiger partial charge in [0.05, 0.1) is 0 Å². The number of rotatable bonds is 4. The molecule has 0 N–H and O–H groups in total. The monoisotopic (exact) mass is 258 g/mol. The minimum absolute atomic E-state index is 0.